The first kappa shape index (κ1) is 13.3. The molecule has 1 heterocycles. The predicted molar refractivity (Wildman–Crippen MR) is 65.0 cm³/mol. The average molecular weight is 290 g/mol. The number of halogens is 1. The molecule has 16 heavy (non-hydrogen) atoms. The standard InChI is InChI=1S/C11H16BrNO3/c1-2-10-9(3-6-16-10)11(14)13-5-8-15-7-4-12/h3,6H,2,4-5,7-8H2,1H3,(H,13,14). The van der Waals surface area contributed by atoms with Crippen LogP contribution in [0.5, 0.6) is 0 Å². The zero-order valence-electron chi connectivity index (χ0n) is 9.29. The second-order valence-corrected chi connectivity index (χ2v) is 3.96. The molecule has 0 spiro atoms. The van der Waals surface area contributed by atoms with E-state index in [2.05, 4.69) is 21.2 Å². The quantitative estimate of drug-likeness (QED) is 0.617. The Morgan fingerprint density at radius 3 is 3.06 bits per heavy atom. The van der Waals surface area contributed by atoms with E-state index in [9.17, 15) is 4.79 Å². The number of ether oxygens (including phenoxy) is 1. The molecule has 0 aromatic carbocycles. The fourth-order valence-electron chi connectivity index (χ4n) is 1.31. The molecule has 0 radical (unpaired) electrons. The first-order chi connectivity index (χ1) is 7.79. The molecule has 1 aromatic heterocycles. The highest BCUT2D eigenvalue weighted by molar-refractivity contribution is 9.09. The lowest BCUT2D eigenvalue weighted by Crippen LogP contribution is -2.27. The van der Waals surface area contributed by atoms with E-state index in [1.165, 1.54) is 6.26 Å². The van der Waals surface area contributed by atoms with Crippen LogP contribution in [-0.2, 0) is 11.2 Å². The highest BCUT2D eigenvalue weighted by Crippen LogP contribution is 2.10. The first-order valence-electron chi connectivity index (χ1n) is 5.27. The van der Waals surface area contributed by atoms with E-state index in [0.29, 0.717) is 25.3 Å². The largest absolute Gasteiger partial charge is 0.469 e. The SMILES string of the molecule is CCc1occc1C(=O)NCCOCCBr. The molecule has 1 aromatic rings. The summed E-state index contributed by atoms with van der Waals surface area (Å²) in [5.41, 5.74) is 0.614. The van der Waals surface area contributed by atoms with E-state index >= 15 is 0 Å². The summed E-state index contributed by atoms with van der Waals surface area (Å²) in [6, 6.07) is 1.69. The van der Waals surface area contributed by atoms with Gasteiger partial charge in [0.1, 0.15) is 5.76 Å². The Balaban J connectivity index is 2.30. The number of alkyl halides is 1. The van der Waals surface area contributed by atoms with Crippen LogP contribution in [0, 0.1) is 0 Å². The maximum absolute atomic E-state index is 11.7. The molecule has 0 aliphatic rings. The Morgan fingerprint density at radius 2 is 2.38 bits per heavy atom. The second-order valence-electron chi connectivity index (χ2n) is 3.17. The number of amides is 1. The zero-order chi connectivity index (χ0) is 11.8. The number of hydrogen-bond donors (Lipinski definition) is 1. The predicted octanol–water partition coefficient (Wildman–Crippen LogP) is 1.98. The third kappa shape index (κ3) is 3.98. The van der Waals surface area contributed by atoms with Crippen molar-refractivity contribution in [2.24, 2.45) is 0 Å². The van der Waals surface area contributed by atoms with Crippen LogP contribution in [0.15, 0.2) is 16.7 Å². The van der Waals surface area contributed by atoms with Gasteiger partial charge in [-0.25, -0.2) is 0 Å². The van der Waals surface area contributed by atoms with Crippen LogP contribution in [0.2, 0.25) is 0 Å². The molecule has 0 aliphatic heterocycles. The Bertz CT molecular complexity index is 325. The topological polar surface area (TPSA) is 51.5 Å². The summed E-state index contributed by atoms with van der Waals surface area (Å²) in [5, 5.41) is 3.59. The maximum Gasteiger partial charge on any atom is 0.254 e. The molecule has 5 heteroatoms. The summed E-state index contributed by atoms with van der Waals surface area (Å²) in [5.74, 6) is 0.618. The van der Waals surface area contributed by atoms with Gasteiger partial charge < -0.3 is 14.5 Å². The van der Waals surface area contributed by atoms with Gasteiger partial charge in [-0.2, -0.15) is 0 Å². The zero-order valence-corrected chi connectivity index (χ0v) is 10.9. The molecule has 1 amide bonds. The molecule has 0 aliphatic carbocycles. The third-order valence-electron chi connectivity index (χ3n) is 2.06. The number of carbonyl (C=O) groups excluding carboxylic acids is 1. The van der Waals surface area contributed by atoms with Gasteiger partial charge in [-0.15, -0.1) is 0 Å². The number of nitrogens with one attached hydrogen (secondary N) is 1. The molecule has 1 rings (SSSR count). The molecular formula is C11H16BrNO3. The second kappa shape index (κ2) is 7.46. The van der Waals surface area contributed by atoms with Gasteiger partial charge in [0.2, 0.25) is 0 Å². The van der Waals surface area contributed by atoms with Crippen LogP contribution in [0.4, 0.5) is 0 Å². The van der Waals surface area contributed by atoms with Crippen LogP contribution in [0.25, 0.3) is 0 Å². The van der Waals surface area contributed by atoms with Crippen molar-refractivity contribution in [1.82, 2.24) is 5.32 Å². The van der Waals surface area contributed by atoms with E-state index in [1.807, 2.05) is 6.92 Å². The molecule has 1 N–H and O–H groups in total. The summed E-state index contributed by atoms with van der Waals surface area (Å²) in [6.45, 7) is 3.65. The smallest absolute Gasteiger partial charge is 0.254 e. The minimum Gasteiger partial charge on any atom is -0.469 e. The van der Waals surface area contributed by atoms with Crippen molar-refractivity contribution in [2.75, 3.05) is 25.1 Å². The highest BCUT2D eigenvalue weighted by Gasteiger charge is 2.12. The molecule has 0 saturated carbocycles. The van der Waals surface area contributed by atoms with Gasteiger partial charge in [0.05, 0.1) is 25.0 Å². The van der Waals surface area contributed by atoms with Crippen molar-refractivity contribution in [3.63, 3.8) is 0 Å². The third-order valence-corrected chi connectivity index (χ3v) is 2.39. The van der Waals surface area contributed by atoms with Crippen molar-refractivity contribution in [1.29, 1.82) is 0 Å². The summed E-state index contributed by atoms with van der Waals surface area (Å²) in [4.78, 5) is 11.7. The van der Waals surface area contributed by atoms with Crippen LogP contribution < -0.4 is 5.32 Å². The van der Waals surface area contributed by atoms with Crippen molar-refractivity contribution < 1.29 is 13.9 Å². The minimum atomic E-state index is -0.104. The molecule has 0 unspecified atom stereocenters. The van der Waals surface area contributed by atoms with Gasteiger partial charge in [-0.05, 0) is 6.07 Å². The highest BCUT2D eigenvalue weighted by atomic mass is 79.9. The Kier molecular flexibility index (Phi) is 6.18. The van der Waals surface area contributed by atoms with Gasteiger partial charge >= 0.3 is 0 Å². The van der Waals surface area contributed by atoms with Crippen molar-refractivity contribution in [3.05, 3.63) is 23.7 Å². The number of aryl methyl sites for hydroxylation is 1. The summed E-state index contributed by atoms with van der Waals surface area (Å²) in [6.07, 6.45) is 2.25. The first-order valence-corrected chi connectivity index (χ1v) is 6.40. The molecule has 0 fully saturated rings. The molecular weight excluding hydrogens is 274 g/mol. The number of hydrogen-bond acceptors (Lipinski definition) is 3. The lowest BCUT2D eigenvalue weighted by Gasteiger charge is -2.05. The number of carbonyl (C=O) groups is 1. The van der Waals surface area contributed by atoms with Crippen LogP contribution >= 0.6 is 15.9 Å². The number of rotatable bonds is 7. The summed E-state index contributed by atoms with van der Waals surface area (Å²) in [7, 11) is 0. The molecule has 0 saturated heterocycles. The van der Waals surface area contributed by atoms with Gasteiger partial charge in [-0.1, -0.05) is 22.9 Å². The Morgan fingerprint density at radius 1 is 1.56 bits per heavy atom. The van der Waals surface area contributed by atoms with Crippen molar-refractivity contribution in [3.8, 4) is 0 Å². The summed E-state index contributed by atoms with van der Waals surface area (Å²) >= 11 is 3.26. The molecule has 0 bridgehead atoms. The van der Waals surface area contributed by atoms with Crippen molar-refractivity contribution in [2.45, 2.75) is 13.3 Å². The Labute approximate surface area is 103 Å². The van der Waals surface area contributed by atoms with E-state index in [1.54, 1.807) is 6.07 Å². The van der Waals surface area contributed by atoms with Crippen molar-refractivity contribution >= 4 is 21.8 Å². The van der Waals surface area contributed by atoms with E-state index in [-0.39, 0.29) is 5.91 Å². The van der Waals surface area contributed by atoms with E-state index < -0.39 is 0 Å². The van der Waals surface area contributed by atoms with E-state index in [0.717, 1.165) is 17.5 Å². The van der Waals surface area contributed by atoms with Gasteiger partial charge in [0.15, 0.2) is 0 Å². The fourth-order valence-corrected chi connectivity index (χ4v) is 1.53. The molecule has 90 valence electrons. The van der Waals surface area contributed by atoms with E-state index in [4.69, 9.17) is 9.15 Å². The van der Waals surface area contributed by atoms with Crippen LogP contribution in [0.3, 0.4) is 0 Å². The molecule has 0 atom stereocenters. The van der Waals surface area contributed by atoms with Crippen LogP contribution in [0.1, 0.15) is 23.0 Å². The van der Waals surface area contributed by atoms with Gasteiger partial charge in [0.25, 0.3) is 5.91 Å². The maximum atomic E-state index is 11.7. The summed E-state index contributed by atoms with van der Waals surface area (Å²) < 4.78 is 10.4. The number of furan rings is 1. The average Bonchev–Trinajstić information content (AvgIpc) is 2.76. The van der Waals surface area contributed by atoms with Gasteiger partial charge in [0, 0.05) is 18.3 Å². The molecule has 4 nitrogen and oxygen atoms in total. The fraction of sp³-hybridized carbons (Fsp3) is 0.545. The lowest BCUT2D eigenvalue weighted by molar-refractivity contribution is 0.0922. The Hall–Kier alpha value is -0.810. The van der Waals surface area contributed by atoms with Gasteiger partial charge in [-0.3, -0.25) is 4.79 Å². The lowest BCUT2D eigenvalue weighted by atomic mass is 10.2. The monoisotopic (exact) mass is 289 g/mol. The minimum absolute atomic E-state index is 0.104. The normalized spacial score (nSPS) is 10.4. The van der Waals surface area contributed by atoms with Crippen LogP contribution in [-0.4, -0.2) is 31.0 Å².